The predicted octanol–water partition coefficient (Wildman–Crippen LogP) is 16.0. The number of anilines is 2. The Morgan fingerprint density at radius 1 is 0.267 bits per heavy atom. The quantitative estimate of drug-likeness (QED) is 0.189. The highest BCUT2D eigenvalue weighted by Gasteiger charge is 2.19. The van der Waals surface area contributed by atoms with E-state index in [0.29, 0.717) is 0 Å². The monoisotopic (exact) mass is 762 g/mol. The van der Waals surface area contributed by atoms with Gasteiger partial charge in [0, 0.05) is 39.0 Å². The van der Waals surface area contributed by atoms with Crippen LogP contribution in [0.25, 0.3) is 105 Å². The van der Waals surface area contributed by atoms with Crippen LogP contribution in [0.4, 0.5) is 11.4 Å². The Labute approximate surface area is 349 Å². The van der Waals surface area contributed by atoms with Gasteiger partial charge in [-0.1, -0.05) is 158 Å². The van der Waals surface area contributed by atoms with Crippen molar-refractivity contribution in [3.8, 4) is 72.4 Å². The maximum absolute atomic E-state index is 3.88. The normalized spacial score (nSPS) is 11.8. The molecular weight excluding hydrogens is 725 g/mol. The molecule has 1 aliphatic heterocycles. The van der Waals surface area contributed by atoms with E-state index < -0.39 is 0 Å². The van der Waals surface area contributed by atoms with Crippen LogP contribution in [-0.2, 0) is 0 Å². The molecule has 0 spiro atoms. The Morgan fingerprint density at radius 2 is 0.800 bits per heavy atom. The molecule has 0 radical (unpaired) electrons. The van der Waals surface area contributed by atoms with Crippen molar-refractivity contribution >= 4 is 44.0 Å². The SMILES string of the molecule is c1ccc(-c2ccc(-n3c4ccccc4c4cc(-c5ccc(-c6cc7cc(c6)-c6ccccc6-c6cc8ccccc8cc6Nc6ccccc6-7)cc5)ccc43)cc2)cc1. The minimum atomic E-state index is 1.09. The van der Waals surface area contributed by atoms with Crippen molar-refractivity contribution < 1.29 is 0 Å². The number of hydrogen-bond acceptors (Lipinski definition) is 1. The third-order valence-electron chi connectivity index (χ3n) is 12.3. The van der Waals surface area contributed by atoms with Gasteiger partial charge in [-0.15, -0.1) is 0 Å². The molecule has 10 aromatic carbocycles. The summed E-state index contributed by atoms with van der Waals surface area (Å²) in [6.07, 6.45) is 0. The average Bonchev–Trinajstić information content (AvgIpc) is 3.65. The summed E-state index contributed by atoms with van der Waals surface area (Å²) in [5.41, 5.74) is 20.2. The standard InChI is InChI=1S/C58H38N2/c1-2-12-38(13-3-1)39-26-29-48(30-27-39)60-57-21-11-9-19-52(57)54-36-44(28-31-58(54)60)40-22-24-41(25-23-40)45-32-46-34-47(33-45)50-17-8-10-20-55(50)59-56-37-43-15-5-4-14-42(43)35-53(56)51-18-7-6-16-49(46)51/h1-37,59H. The highest BCUT2D eigenvalue weighted by Crippen LogP contribution is 2.45. The zero-order chi connectivity index (χ0) is 39.6. The molecule has 0 amide bonds. The first-order chi connectivity index (χ1) is 29.7. The number of nitrogens with zero attached hydrogens (tertiary/aromatic N) is 1. The van der Waals surface area contributed by atoms with Gasteiger partial charge in [0.1, 0.15) is 0 Å². The number of benzene rings is 10. The second-order valence-electron chi connectivity index (χ2n) is 15.8. The first-order valence-electron chi connectivity index (χ1n) is 20.7. The van der Waals surface area contributed by atoms with Crippen LogP contribution in [0.15, 0.2) is 224 Å². The van der Waals surface area contributed by atoms with Crippen LogP contribution < -0.4 is 5.32 Å². The third kappa shape index (κ3) is 5.73. The molecule has 2 heterocycles. The van der Waals surface area contributed by atoms with Gasteiger partial charge in [0.05, 0.1) is 11.0 Å². The smallest absolute Gasteiger partial charge is 0.0541 e. The van der Waals surface area contributed by atoms with E-state index in [1.54, 1.807) is 0 Å². The van der Waals surface area contributed by atoms with Crippen LogP contribution in [0.5, 0.6) is 0 Å². The molecule has 11 aromatic rings. The lowest BCUT2D eigenvalue weighted by atomic mass is 9.87. The van der Waals surface area contributed by atoms with Crippen molar-refractivity contribution in [3.63, 3.8) is 0 Å². The van der Waals surface area contributed by atoms with Crippen LogP contribution >= 0.6 is 0 Å². The first-order valence-corrected chi connectivity index (χ1v) is 20.7. The van der Waals surface area contributed by atoms with Gasteiger partial charge in [0.2, 0.25) is 0 Å². The first kappa shape index (κ1) is 34.1. The molecule has 2 nitrogen and oxygen atoms in total. The van der Waals surface area contributed by atoms with E-state index >= 15 is 0 Å². The molecule has 0 aliphatic carbocycles. The fourth-order valence-corrected chi connectivity index (χ4v) is 9.35. The van der Waals surface area contributed by atoms with Crippen molar-refractivity contribution in [2.75, 3.05) is 5.32 Å². The Morgan fingerprint density at radius 3 is 1.60 bits per heavy atom. The van der Waals surface area contributed by atoms with Crippen molar-refractivity contribution in [2.24, 2.45) is 0 Å². The van der Waals surface area contributed by atoms with E-state index in [2.05, 4.69) is 234 Å². The molecule has 0 saturated heterocycles. The molecule has 1 N–H and O–H groups in total. The van der Waals surface area contributed by atoms with Crippen molar-refractivity contribution in [3.05, 3.63) is 224 Å². The van der Waals surface area contributed by atoms with Crippen LogP contribution in [0.1, 0.15) is 0 Å². The largest absolute Gasteiger partial charge is 0.354 e. The van der Waals surface area contributed by atoms with Crippen molar-refractivity contribution in [1.82, 2.24) is 4.57 Å². The van der Waals surface area contributed by atoms with Gasteiger partial charge in [0.15, 0.2) is 0 Å². The van der Waals surface area contributed by atoms with Crippen LogP contribution in [0.3, 0.4) is 0 Å². The maximum atomic E-state index is 3.88. The fraction of sp³-hybridized carbons (Fsp3) is 0. The molecule has 12 rings (SSSR count). The van der Waals surface area contributed by atoms with Gasteiger partial charge >= 0.3 is 0 Å². The molecule has 0 saturated carbocycles. The Bertz CT molecular complexity index is 3430. The van der Waals surface area contributed by atoms with E-state index in [1.165, 1.54) is 99.3 Å². The van der Waals surface area contributed by atoms with Crippen LogP contribution in [-0.4, -0.2) is 4.57 Å². The van der Waals surface area contributed by atoms with E-state index in [4.69, 9.17) is 0 Å². The van der Waals surface area contributed by atoms with Crippen LogP contribution in [0.2, 0.25) is 0 Å². The average molecular weight is 763 g/mol. The van der Waals surface area contributed by atoms with Gasteiger partial charge < -0.3 is 9.88 Å². The molecule has 60 heavy (non-hydrogen) atoms. The molecule has 0 atom stereocenters. The lowest BCUT2D eigenvalue weighted by Crippen LogP contribution is -1.99. The summed E-state index contributed by atoms with van der Waals surface area (Å²) >= 11 is 0. The van der Waals surface area contributed by atoms with Gasteiger partial charge in [0.25, 0.3) is 0 Å². The molecule has 0 fully saturated rings. The van der Waals surface area contributed by atoms with Gasteiger partial charge in [-0.25, -0.2) is 0 Å². The zero-order valence-electron chi connectivity index (χ0n) is 32.8. The van der Waals surface area contributed by atoms with E-state index in [1.807, 2.05) is 0 Å². The van der Waals surface area contributed by atoms with Crippen LogP contribution in [0, 0.1) is 0 Å². The molecular formula is C58H38N2. The zero-order valence-corrected chi connectivity index (χ0v) is 32.8. The molecule has 0 unspecified atom stereocenters. The van der Waals surface area contributed by atoms with E-state index in [0.717, 1.165) is 17.1 Å². The van der Waals surface area contributed by atoms with Crippen molar-refractivity contribution in [1.29, 1.82) is 0 Å². The number of para-hydroxylation sites is 2. The number of nitrogens with one attached hydrogen (secondary N) is 1. The fourth-order valence-electron chi connectivity index (χ4n) is 9.35. The summed E-state index contributed by atoms with van der Waals surface area (Å²) in [5, 5.41) is 8.83. The summed E-state index contributed by atoms with van der Waals surface area (Å²) in [4.78, 5) is 0. The number of fused-ring (bicyclic) bond motifs is 12. The summed E-state index contributed by atoms with van der Waals surface area (Å²) in [6, 6.07) is 82.1. The summed E-state index contributed by atoms with van der Waals surface area (Å²) in [7, 11) is 0. The number of rotatable bonds is 4. The molecule has 1 aliphatic rings. The number of aromatic nitrogens is 1. The predicted molar refractivity (Wildman–Crippen MR) is 254 cm³/mol. The van der Waals surface area contributed by atoms with E-state index in [-0.39, 0.29) is 0 Å². The Balaban J connectivity index is 0.947. The maximum Gasteiger partial charge on any atom is 0.0541 e. The Hall–Kier alpha value is -7.94. The second kappa shape index (κ2) is 13.9. The van der Waals surface area contributed by atoms with E-state index in [9.17, 15) is 0 Å². The lowest BCUT2D eigenvalue weighted by Gasteiger charge is -2.22. The molecule has 280 valence electrons. The second-order valence-corrected chi connectivity index (χ2v) is 15.8. The van der Waals surface area contributed by atoms with Gasteiger partial charge in [-0.3, -0.25) is 0 Å². The topological polar surface area (TPSA) is 17.0 Å². The number of hydrogen-bond donors (Lipinski definition) is 1. The summed E-state index contributed by atoms with van der Waals surface area (Å²) in [5.74, 6) is 0. The van der Waals surface area contributed by atoms with Gasteiger partial charge in [-0.2, -0.15) is 0 Å². The summed E-state index contributed by atoms with van der Waals surface area (Å²) < 4.78 is 2.39. The Kier molecular flexibility index (Phi) is 7.89. The third-order valence-corrected chi connectivity index (χ3v) is 12.3. The minimum absolute atomic E-state index is 1.09. The highest BCUT2D eigenvalue weighted by atomic mass is 15.0. The lowest BCUT2D eigenvalue weighted by molar-refractivity contribution is 1.18. The molecule has 2 bridgehead atoms. The molecule has 2 heteroatoms. The minimum Gasteiger partial charge on any atom is -0.354 e. The molecule has 1 aromatic heterocycles. The highest BCUT2D eigenvalue weighted by molar-refractivity contribution is 6.10. The van der Waals surface area contributed by atoms with Crippen molar-refractivity contribution in [2.45, 2.75) is 0 Å². The van der Waals surface area contributed by atoms with Gasteiger partial charge in [-0.05, 0) is 133 Å². The summed E-state index contributed by atoms with van der Waals surface area (Å²) in [6.45, 7) is 0.